The molecule has 6 nitrogen and oxygen atoms in total. The van der Waals surface area contributed by atoms with Gasteiger partial charge in [-0.1, -0.05) is 6.92 Å². The lowest BCUT2D eigenvalue weighted by Gasteiger charge is -2.21. The topological polar surface area (TPSA) is 65.7 Å². The van der Waals surface area contributed by atoms with Crippen LogP contribution in [0.1, 0.15) is 31.7 Å². The minimum absolute atomic E-state index is 0. The van der Waals surface area contributed by atoms with Crippen LogP contribution >= 0.6 is 24.0 Å². The molecule has 0 radical (unpaired) electrons. The fourth-order valence-corrected chi connectivity index (χ4v) is 2.82. The van der Waals surface area contributed by atoms with Crippen molar-refractivity contribution >= 4 is 29.9 Å². The summed E-state index contributed by atoms with van der Waals surface area (Å²) in [6, 6.07) is 2.10. The first kappa shape index (κ1) is 20.2. The smallest absolute Gasteiger partial charge is 0.194 e. The van der Waals surface area contributed by atoms with Gasteiger partial charge in [0.05, 0.1) is 11.8 Å². The minimum Gasteiger partial charge on any atom is -0.391 e. The fraction of sp³-hybridized carbons (Fsp3) is 0.750. The average Bonchev–Trinajstić information content (AvgIpc) is 3.01. The third-order valence-corrected chi connectivity index (χ3v) is 3.94. The first-order valence-electron chi connectivity index (χ1n) is 8.22. The molecule has 1 aromatic rings. The largest absolute Gasteiger partial charge is 0.391 e. The number of aliphatic hydroxyl groups excluding tert-OH is 1. The van der Waals surface area contributed by atoms with Gasteiger partial charge in [-0.15, -0.1) is 24.0 Å². The zero-order valence-electron chi connectivity index (χ0n) is 14.6. The SMILES string of the molecule is CCNC(=NCC(C)Cn1nc(C)cc1C)N1CC[C@@H](O)C1.I. The summed E-state index contributed by atoms with van der Waals surface area (Å²) in [5.74, 6) is 1.33. The monoisotopic (exact) mass is 435 g/mol. The Morgan fingerprint density at radius 3 is 2.78 bits per heavy atom. The van der Waals surface area contributed by atoms with Crippen molar-refractivity contribution < 1.29 is 5.11 Å². The van der Waals surface area contributed by atoms with Crippen molar-refractivity contribution in [3.63, 3.8) is 0 Å². The summed E-state index contributed by atoms with van der Waals surface area (Å²) in [7, 11) is 0. The van der Waals surface area contributed by atoms with E-state index in [1.807, 2.05) is 6.92 Å². The van der Waals surface area contributed by atoms with Gasteiger partial charge in [0.15, 0.2) is 5.96 Å². The number of nitrogens with zero attached hydrogens (tertiary/aromatic N) is 4. The molecule has 1 saturated heterocycles. The maximum atomic E-state index is 9.69. The molecule has 0 aromatic carbocycles. The molecule has 1 aliphatic heterocycles. The van der Waals surface area contributed by atoms with E-state index in [0.29, 0.717) is 12.5 Å². The molecule has 1 fully saturated rings. The summed E-state index contributed by atoms with van der Waals surface area (Å²) in [6.45, 7) is 12.4. The van der Waals surface area contributed by atoms with Gasteiger partial charge in [-0.25, -0.2) is 0 Å². The van der Waals surface area contributed by atoms with Gasteiger partial charge >= 0.3 is 0 Å². The zero-order chi connectivity index (χ0) is 16.1. The highest BCUT2D eigenvalue weighted by molar-refractivity contribution is 14.0. The van der Waals surface area contributed by atoms with Crippen molar-refractivity contribution in [2.75, 3.05) is 26.2 Å². The molecule has 0 spiro atoms. The van der Waals surface area contributed by atoms with E-state index in [1.54, 1.807) is 0 Å². The molecule has 1 aromatic heterocycles. The summed E-state index contributed by atoms with van der Waals surface area (Å²) in [5.41, 5.74) is 2.26. The lowest BCUT2D eigenvalue weighted by Crippen LogP contribution is -2.40. The molecule has 2 heterocycles. The molecular formula is C16H30IN5O. The number of rotatable bonds is 5. The Bertz CT molecular complexity index is 517. The van der Waals surface area contributed by atoms with E-state index < -0.39 is 0 Å². The Morgan fingerprint density at radius 2 is 2.26 bits per heavy atom. The van der Waals surface area contributed by atoms with Crippen LogP contribution < -0.4 is 5.32 Å². The van der Waals surface area contributed by atoms with Crippen LogP contribution in [0, 0.1) is 19.8 Å². The summed E-state index contributed by atoms with van der Waals surface area (Å²) in [5, 5.41) is 17.5. The average molecular weight is 435 g/mol. The van der Waals surface area contributed by atoms with Crippen LogP contribution in [0.2, 0.25) is 0 Å². The number of hydrogen-bond donors (Lipinski definition) is 2. The van der Waals surface area contributed by atoms with Gasteiger partial charge in [-0.3, -0.25) is 9.67 Å². The third-order valence-electron chi connectivity index (χ3n) is 3.94. The van der Waals surface area contributed by atoms with Gasteiger partial charge in [-0.05, 0) is 39.2 Å². The lowest BCUT2D eigenvalue weighted by molar-refractivity contribution is 0.187. The van der Waals surface area contributed by atoms with E-state index in [2.05, 4.69) is 46.8 Å². The Balaban J connectivity index is 0.00000264. The van der Waals surface area contributed by atoms with Crippen LogP contribution in [0.3, 0.4) is 0 Å². The number of aliphatic hydroxyl groups is 1. The molecule has 0 bridgehead atoms. The van der Waals surface area contributed by atoms with E-state index in [-0.39, 0.29) is 30.1 Å². The molecule has 1 aliphatic rings. The first-order chi connectivity index (χ1) is 10.5. The molecule has 0 amide bonds. The predicted molar refractivity (Wildman–Crippen MR) is 104 cm³/mol. The number of guanidine groups is 1. The van der Waals surface area contributed by atoms with Crippen molar-refractivity contribution in [2.24, 2.45) is 10.9 Å². The molecule has 7 heteroatoms. The van der Waals surface area contributed by atoms with Crippen LogP contribution in [-0.4, -0.2) is 58.0 Å². The predicted octanol–water partition coefficient (Wildman–Crippen LogP) is 1.79. The normalized spacial score (nSPS) is 19.6. The van der Waals surface area contributed by atoms with Crippen molar-refractivity contribution in [1.82, 2.24) is 20.0 Å². The fourth-order valence-electron chi connectivity index (χ4n) is 2.82. The number of likely N-dealkylation sites (tertiary alicyclic amines) is 1. The summed E-state index contributed by atoms with van der Waals surface area (Å²) in [6.07, 6.45) is 0.599. The number of β-amino-alcohol motifs (C(OH)–C–C–N with tert-alkyl or cyclic N) is 1. The molecule has 0 aliphatic carbocycles. The Morgan fingerprint density at radius 1 is 1.52 bits per heavy atom. The van der Waals surface area contributed by atoms with Crippen LogP contribution in [-0.2, 0) is 6.54 Å². The van der Waals surface area contributed by atoms with Crippen molar-refractivity contribution in [2.45, 2.75) is 46.8 Å². The van der Waals surface area contributed by atoms with Crippen molar-refractivity contribution in [3.8, 4) is 0 Å². The number of aryl methyl sites for hydroxylation is 2. The maximum absolute atomic E-state index is 9.69. The van der Waals surface area contributed by atoms with Crippen LogP contribution in [0.4, 0.5) is 0 Å². The molecule has 0 saturated carbocycles. The van der Waals surface area contributed by atoms with Gasteiger partial charge in [-0.2, -0.15) is 5.10 Å². The standard InChI is InChI=1S/C16H29N5O.HI/c1-5-17-16(20-7-6-15(22)11-20)18-9-12(2)10-21-14(4)8-13(3)19-21;/h8,12,15,22H,5-7,9-11H2,1-4H3,(H,17,18);1H/t12?,15-;/m1./s1. The van der Waals surface area contributed by atoms with Gasteiger partial charge in [0.2, 0.25) is 0 Å². The van der Waals surface area contributed by atoms with Crippen molar-refractivity contribution in [3.05, 3.63) is 17.5 Å². The quantitative estimate of drug-likeness (QED) is 0.421. The highest BCUT2D eigenvalue weighted by Crippen LogP contribution is 2.10. The Kier molecular flexibility index (Phi) is 8.32. The summed E-state index contributed by atoms with van der Waals surface area (Å²) in [4.78, 5) is 6.88. The molecule has 2 atom stereocenters. The van der Waals surface area contributed by atoms with E-state index in [0.717, 1.165) is 44.3 Å². The minimum atomic E-state index is -0.226. The number of hydrogen-bond acceptors (Lipinski definition) is 3. The van der Waals surface area contributed by atoms with Gasteiger partial charge in [0, 0.05) is 38.4 Å². The highest BCUT2D eigenvalue weighted by atomic mass is 127. The number of nitrogens with one attached hydrogen (secondary N) is 1. The summed E-state index contributed by atoms with van der Waals surface area (Å²) >= 11 is 0. The molecular weight excluding hydrogens is 405 g/mol. The highest BCUT2D eigenvalue weighted by Gasteiger charge is 2.22. The van der Waals surface area contributed by atoms with Crippen LogP contribution in [0.25, 0.3) is 0 Å². The van der Waals surface area contributed by atoms with Crippen molar-refractivity contribution in [1.29, 1.82) is 0 Å². The third kappa shape index (κ3) is 5.95. The first-order valence-corrected chi connectivity index (χ1v) is 8.22. The Labute approximate surface area is 156 Å². The van der Waals surface area contributed by atoms with E-state index in [9.17, 15) is 5.11 Å². The van der Waals surface area contributed by atoms with Gasteiger partial charge in [0.1, 0.15) is 0 Å². The van der Waals surface area contributed by atoms with Gasteiger partial charge < -0.3 is 15.3 Å². The van der Waals surface area contributed by atoms with Crippen LogP contribution in [0.15, 0.2) is 11.1 Å². The molecule has 2 rings (SSSR count). The zero-order valence-corrected chi connectivity index (χ0v) is 16.9. The molecule has 23 heavy (non-hydrogen) atoms. The van der Waals surface area contributed by atoms with Gasteiger partial charge in [0.25, 0.3) is 0 Å². The Hall–Kier alpha value is -0.830. The molecule has 1 unspecified atom stereocenters. The summed E-state index contributed by atoms with van der Waals surface area (Å²) < 4.78 is 2.06. The molecule has 132 valence electrons. The number of aromatic nitrogens is 2. The lowest BCUT2D eigenvalue weighted by atomic mass is 10.2. The van der Waals surface area contributed by atoms with E-state index in [4.69, 9.17) is 4.99 Å². The van der Waals surface area contributed by atoms with E-state index in [1.165, 1.54) is 5.69 Å². The van der Waals surface area contributed by atoms with Crippen LogP contribution in [0.5, 0.6) is 0 Å². The second kappa shape index (κ2) is 9.46. The second-order valence-corrected chi connectivity index (χ2v) is 6.30. The second-order valence-electron chi connectivity index (χ2n) is 6.30. The molecule has 2 N–H and O–H groups in total. The van der Waals surface area contributed by atoms with E-state index >= 15 is 0 Å². The number of halogens is 1. The number of aliphatic imine (C=N–C) groups is 1. The maximum Gasteiger partial charge on any atom is 0.194 e.